The summed E-state index contributed by atoms with van der Waals surface area (Å²) in [5.41, 5.74) is 0.398. The van der Waals surface area contributed by atoms with Gasteiger partial charge in [-0.1, -0.05) is 42.5 Å². The molecule has 3 aromatic rings. The van der Waals surface area contributed by atoms with E-state index in [0.717, 1.165) is 10.8 Å². The van der Waals surface area contributed by atoms with E-state index in [1.54, 1.807) is 52.8 Å². The van der Waals surface area contributed by atoms with E-state index in [0.29, 0.717) is 11.3 Å². The first-order chi connectivity index (χ1) is 16.9. The van der Waals surface area contributed by atoms with Crippen LogP contribution in [-0.2, 0) is 14.3 Å². The molecule has 3 aromatic carbocycles. The minimum absolute atomic E-state index is 0.0430. The van der Waals surface area contributed by atoms with E-state index in [-0.39, 0.29) is 18.3 Å². The number of nitrogens with zero attached hydrogens (tertiary/aromatic N) is 1. The molecular formula is C28H33N3O5. The van der Waals surface area contributed by atoms with Crippen LogP contribution in [0.5, 0.6) is 5.75 Å². The van der Waals surface area contributed by atoms with Crippen LogP contribution in [-0.4, -0.2) is 46.1 Å². The first kappa shape index (κ1) is 26.5. The van der Waals surface area contributed by atoms with Crippen molar-refractivity contribution in [1.82, 2.24) is 10.2 Å². The molecule has 0 aliphatic heterocycles. The second kappa shape index (κ2) is 11.1. The fourth-order valence-corrected chi connectivity index (χ4v) is 3.86. The van der Waals surface area contributed by atoms with Gasteiger partial charge in [-0.05, 0) is 75.2 Å². The standard InChI is InChI=1S/C28H33N3O5/c1-18(2)31(24(33)17-29-27(35)36-28(3,4)5)25(20-11-14-23(32)15-12-20)26(34)30-22-13-10-19-8-6-7-9-21(19)16-22/h6-16,18,25,32H,17H2,1-5H3,(H,29,35)(H,30,34). The molecule has 0 saturated carbocycles. The predicted octanol–water partition coefficient (Wildman–Crippen LogP) is 4.99. The van der Waals surface area contributed by atoms with Gasteiger partial charge in [0.1, 0.15) is 23.9 Å². The lowest BCUT2D eigenvalue weighted by Crippen LogP contribution is -2.49. The molecule has 0 saturated heterocycles. The number of phenolic OH excluding ortho intramolecular Hbond substituents is 1. The molecule has 0 aromatic heterocycles. The Hall–Kier alpha value is -4.07. The molecule has 0 fully saturated rings. The number of carbonyl (C=O) groups is 3. The fourth-order valence-electron chi connectivity index (χ4n) is 3.86. The Morgan fingerprint density at radius 1 is 0.944 bits per heavy atom. The summed E-state index contributed by atoms with van der Waals surface area (Å²) in [6.07, 6.45) is -0.721. The van der Waals surface area contributed by atoms with Gasteiger partial charge in [-0.2, -0.15) is 0 Å². The van der Waals surface area contributed by atoms with Crippen molar-refractivity contribution < 1.29 is 24.2 Å². The summed E-state index contributed by atoms with van der Waals surface area (Å²) < 4.78 is 5.22. The first-order valence-electron chi connectivity index (χ1n) is 11.8. The second-order valence-corrected chi connectivity index (χ2v) is 9.80. The highest BCUT2D eigenvalue weighted by Crippen LogP contribution is 2.28. The number of carbonyl (C=O) groups excluding carboxylic acids is 3. The van der Waals surface area contributed by atoms with Gasteiger partial charge in [-0.3, -0.25) is 9.59 Å². The van der Waals surface area contributed by atoms with Crippen LogP contribution in [0.15, 0.2) is 66.7 Å². The van der Waals surface area contributed by atoms with Crippen LogP contribution in [0.3, 0.4) is 0 Å². The molecule has 3 amide bonds. The zero-order chi connectivity index (χ0) is 26.5. The molecule has 3 rings (SSSR count). The van der Waals surface area contributed by atoms with E-state index in [2.05, 4.69) is 10.6 Å². The third-order valence-corrected chi connectivity index (χ3v) is 5.38. The largest absolute Gasteiger partial charge is 0.508 e. The van der Waals surface area contributed by atoms with E-state index in [1.807, 2.05) is 36.4 Å². The number of fused-ring (bicyclic) bond motifs is 1. The smallest absolute Gasteiger partial charge is 0.408 e. The number of hydrogen-bond donors (Lipinski definition) is 3. The van der Waals surface area contributed by atoms with Gasteiger partial charge in [0.15, 0.2) is 0 Å². The van der Waals surface area contributed by atoms with Gasteiger partial charge in [-0.15, -0.1) is 0 Å². The van der Waals surface area contributed by atoms with Gasteiger partial charge in [0, 0.05) is 11.7 Å². The molecule has 8 heteroatoms. The van der Waals surface area contributed by atoms with Gasteiger partial charge in [0.2, 0.25) is 5.91 Å². The Labute approximate surface area is 211 Å². The second-order valence-electron chi connectivity index (χ2n) is 9.80. The maximum atomic E-state index is 13.6. The summed E-state index contributed by atoms with van der Waals surface area (Å²) in [5.74, 6) is -0.834. The van der Waals surface area contributed by atoms with E-state index < -0.39 is 29.6 Å². The molecule has 36 heavy (non-hydrogen) atoms. The van der Waals surface area contributed by atoms with E-state index in [9.17, 15) is 19.5 Å². The number of nitrogens with one attached hydrogen (secondary N) is 2. The summed E-state index contributed by atoms with van der Waals surface area (Å²) >= 11 is 0. The molecule has 1 unspecified atom stereocenters. The Bertz CT molecular complexity index is 1230. The van der Waals surface area contributed by atoms with Crippen molar-refractivity contribution in [2.45, 2.75) is 52.3 Å². The SMILES string of the molecule is CC(C)N(C(=O)CNC(=O)OC(C)(C)C)C(C(=O)Nc1ccc2ccccc2c1)c1ccc(O)cc1. The van der Waals surface area contributed by atoms with Crippen LogP contribution in [0.2, 0.25) is 0 Å². The monoisotopic (exact) mass is 491 g/mol. The number of aromatic hydroxyl groups is 1. The van der Waals surface area contributed by atoms with Crippen molar-refractivity contribution in [3.63, 3.8) is 0 Å². The Balaban J connectivity index is 1.89. The van der Waals surface area contributed by atoms with Gasteiger partial charge in [0.05, 0.1) is 0 Å². The van der Waals surface area contributed by atoms with Crippen LogP contribution in [0.4, 0.5) is 10.5 Å². The minimum Gasteiger partial charge on any atom is -0.508 e. The third kappa shape index (κ3) is 6.97. The number of rotatable bonds is 7. The number of hydrogen-bond acceptors (Lipinski definition) is 5. The van der Waals surface area contributed by atoms with Crippen LogP contribution in [0.25, 0.3) is 10.8 Å². The van der Waals surface area contributed by atoms with Crippen LogP contribution >= 0.6 is 0 Å². The highest BCUT2D eigenvalue weighted by Gasteiger charge is 2.33. The number of phenols is 1. The minimum atomic E-state index is -1.01. The topological polar surface area (TPSA) is 108 Å². The van der Waals surface area contributed by atoms with Crippen molar-refractivity contribution in [2.24, 2.45) is 0 Å². The molecule has 8 nitrogen and oxygen atoms in total. The number of amides is 3. The number of alkyl carbamates (subject to hydrolysis) is 1. The summed E-state index contributed by atoms with van der Waals surface area (Å²) in [5, 5.41) is 17.2. The lowest BCUT2D eigenvalue weighted by Gasteiger charge is -2.34. The van der Waals surface area contributed by atoms with E-state index >= 15 is 0 Å². The number of benzene rings is 3. The number of ether oxygens (including phenoxy) is 1. The fraction of sp³-hybridized carbons (Fsp3) is 0.321. The first-order valence-corrected chi connectivity index (χ1v) is 11.8. The predicted molar refractivity (Wildman–Crippen MR) is 140 cm³/mol. The lowest BCUT2D eigenvalue weighted by atomic mass is 10.0. The van der Waals surface area contributed by atoms with Gasteiger partial charge in [0.25, 0.3) is 5.91 Å². The Morgan fingerprint density at radius 3 is 2.19 bits per heavy atom. The molecule has 0 aliphatic rings. The molecule has 0 spiro atoms. The van der Waals surface area contributed by atoms with Gasteiger partial charge < -0.3 is 25.4 Å². The van der Waals surface area contributed by atoms with Crippen molar-refractivity contribution in [3.05, 3.63) is 72.3 Å². The third-order valence-electron chi connectivity index (χ3n) is 5.38. The zero-order valence-electron chi connectivity index (χ0n) is 21.2. The van der Waals surface area contributed by atoms with Crippen molar-refractivity contribution >= 4 is 34.4 Å². The van der Waals surface area contributed by atoms with Crippen LogP contribution in [0, 0.1) is 0 Å². The van der Waals surface area contributed by atoms with Crippen LogP contribution < -0.4 is 10.6 Å². The lowest BCUT2D eigenvalue weighted by molar-refractivity contribution is -0.140. The van der Waals surface area contributed by atoms with Crippen molar-refractivity contribution in [1.29, 1.82) is 0 Å². The molecule has 0 aliphatic carbocycles. The van der Waals surface area contributed by atoms with E-state index in [4.69, 9.17) is 4.74 Å². The molecule has 0 bridgehead atoms. The highest BCUT2D eigenvalue weighted by molar-refractivity contribution is 6.00. The number of anilines is 1. The van der Waals surface area contributed by atoms with Crippen molar-refractivity contribution in [2.75, 3.05) is 11.9 Å². The normalized spacial score (nSPS) is 12.2. The van der Waals surface area contributed by atoms with Crippen molar-refractivity contribution in [3.8, 4) is 5.75 Å². The molecule has 1 atom stereocenters. The molecule has 190 valence electrons. The molecule has 0 radical (unpaired) electrons. The molecular weight excluding hydrogens is 458 g/mol. The quantitative estimate of drug-likeness (QED) is 0.432. The zero-order valence-corrected chi connectivity index (χ0v) is 21.2. The van der Waals surface area contributed by atoms with Crippen LogP contribution in [0.1, 0.15) is 46.2 Å². The summed E-state index contributed by atoms with van der Waals surface area (Å²) in [6.45, 7) is 8.43. The maximum absolute atomic E-state index is 13.6. The average Bonchev–Trinajstić information content (AvgIpc) is 2.80. The maximum Gasteiger partial charge on any atom is 0.408 e. The average molecular weight is 492 g/mol. The molecule has 3 N–H and O–H groups in total. The van der Waals surface area contributed by atoms with E-state index in [1.165, 1.54) is 17.0 Å². The molecule has 0 heterocycles. The highest BCUT2D eigenvalue weighted by atomic mass is 16.6. The van der Waals surface area contributed by atoms with Gasteiger partial charge in [-0.25, -0.2) is 4.79 Å². The summed E-state index contributed by atoms with van der Waals surface area (Å²) in [4.78, 5) is 40.4. The van der Waals surface area contributed by atoms with Gasteiger partial charge >= 0.3 is 6.09 Å². The Morgan fingerprint density at radius 2 is 1.58 bits per heavy atom. The Kier molecular flexibility index (Phi) is 8.19. The summed E-state index contributed by atoms with van der Waals surface area (Å²) in [6, 6.07) is 18.1. The summed E-state index contributed by atoms with van der Waals surface area (Å²) in [7, 11) is 0.